The van der Waals surface area contributed by atoms with Crippen molar-refractivity contribution in [1.82, 2.24) is 9.88 Å². The predicted octanol–water partition coefficient (Wildman–Crippen LogP) is 4.28. The number of ketones is 1. The van der Waals surface area contributed by atoms with E-state index in [0.29, 0.717) is 22.4 Å². The standard InChI is InChI=1S/C28H26N2O6/c1-17(2)36-22-12-10-20(11-13-22)25(31)23-24(19-6-8-21(9-7-19)28(34)35-3)30(27(33)26(23)32)16-18-5-4-14-29-15-18/h4-15,17,24,31H,16H2,1-3H3/t24-/m1/s1. The van der Waals surface area contributed by atoms with Crippen molar-refractivity contribution in [3.63, 3.8) is 0 Å². The number of pyridine rings is 1. The normalized spacial score (nSPS) is 16.9. The van der Waals surface area contributed by atoms with Crippen LogP contribution in [0.25, 0.3) is 5.76 Å². The Kier molecular flexibility index (Phi) is 7.15. The van der Waals surface area contributed by atoms with Gasteiger partial charge in [-0.1, -0.05) is 18.2 Å². The summed E-state index contributed by atoms with van der Waals surface area (Å²) in [6, 6.07) is 15.7. The van der Waals surface area contributed by atoms with Crippen molar-refractivity contribution in [2.24, 2.45) is 0 Å². The van der Waals surface area contributed by atoms with Crippen LogP contribution in [-0.4, -0.2) is 45.9 Å². The smallest absolute Gasteiger partial charge is 0.337 e. The Morgan fingerprint density at radius 1 is 1.03 bits per heavy atom. The highest BCUT2D eigenvalue weighted by molar-refractivity contribution is 6.46. The third-order valence-electron chi connectivity index (χ3n) is 5.76. The second-order valence-corrected chi connectivity index (χ2v) is 8.59. The van der Waals surface area contributed by atoms with E-state index in [9.17, 15) is 19.5 Å². The fraction of sp³-hybridized carbons (Fsp3) is 0.214. The maximum Gasteiger partial charge on any atom is 0.337 e. The molecule has 1 N–H and O–H groups in total. The number of carbonyl (C=O) groups is 3. The van der Waals surface area contributed by atoms with E-state index in [4.69, 9.17) is 9.47 Å². The van der Waals surface area contributed by atoms with Gasteiger partial charge < -0.3 is 19.5 Å². The summed E-state index contributed by atoms with van der Waals surface area (Å²) >= 11 is 0. The van der Waals surface area contributed by atoms with Crippen molar-refractivity contribution in [3.8, 4) is 5.75 Å². The molecule has 0 aliphatic carbocycles. The molecule has 1 amide bonds. The zero-order chi connectivity index (χ0) is 25.8. The van der Waals surface area contributed by atoms with Gasteiger partial charge in [0.05, 0.1) is 30.4 Å². The van der Waals surface area contributed by atoms with E-state index < -0.39 is 23.7 Å². The van der Waals surface area contributed by atoms with Gasteiger partial charge in [0.15, 0.2) is 0 Å². The Labute approximate surface area is 208 Å². The number of hydrogen-bond donors (Lipinski definition) is 1. The van der Waals surface area contributed by atoms with Crippen molar-refractivity contribution in [3.05, 3.63) is 101 Å². The quantitative estimate of drug-likeness (QED) is 0.230. The molecule has 4 rings (SSSR count). The number of aliphatic hydroxyl groups excluding tert-OH is 1. The van der Waals surface area contributed by atoms with Gasteiger partial charge in [-0.05, 0) is 67.4 Å². The molecule has 2 heterocycles. The number of amides is 1. The van der Waals surface area contributed by atoms with Gasteiger partial charge >= 0.3 is 5.97 Å². The molecule has 8 nitrogen and oxygen atoms in total. The lowest BCUT2D eigenvalue weighted by Crippen LogP contribution is -2.29. The molecule has 0 spiro atoms. The van der Waals surface area contributed by atoms with E-state index in [2.05, 4.69) is 4.98 Å². The van der Waals surface area contributed by atoms with Crippen LogP contribution < -0.4 is 4.74 Å². The maximum absolute atomic E-state index is 13.2. The fourth-order valence-electron chi connectivity index (χ4n) is 4.12. The number of carbonyl (C=O) groups excluding carboxylic acids is 3. The van der Waals surface area contributed by atoms with Gasteiger partial charge in [0.2, 0.25) is 0 Å². The number of methoxy groups -OCH3 is 1. The summed E-state index contributed by atoms with van der Waals surface area (Å²) in [5.74, 6) is -1.70. The number of rotatable bonds is 7. The number of likely N-dealkylation sites (tertiary alicyclic amines) is 1. The van der Waals surface area contributed by atoms with Crippen LogP contribution in [0.3, 0.4) is 0 Å². The summed E-state index contributed by atoms with van der Waals surface area (Å²) in [7, 11) is 1.29. The molecule has 1 atom stereocenters. The van der Waals surface area contributed by atoms with Crippen LogP contribution in [-0.2, 0) is 20.9 Å². The first-order valence-electron chi connectivity index (χ1n) is 11.4. The van der Waals surface area contributed by atoms with E-state index in [1.54, 1.807) is 73.1 Å². The first-order chi connectivity index (χ1) is 17.3. The minimum Gasteiger partial charge on any atom is -0.507 e. The molecule has 36 heavy (non-hydrogen) atoms. The molecule has 1 saturated heterocycles. The van der Waals surface area contributed by atoms with E-state index >= 15 is 0 Å². The molecule has 2 aromatic carbocycles. The first-order valence-corrected chi connectivity index (χ1v) is 11.4. The van der Waals surface area contributed by atoms with E-state index in [-0.39, 0.29) is 24.0 Å². The van der Waals surface area contributed by atoms with Crippen LogP contribution in [0, 0.1) is 0 Å². The van der Waals surface area contributed by atoms with Gasteiger partial charge in [0.1, 0.15) is 11.5 Å². The highest BCUT2D eigenvalue weighted by Gasteiger charge is 2.46. The number of hydrogen-bond acceptors (Lipinski definition) is 7. The van der Waals surface area contributed by atoms with Gasteiger partial charge in [-0.2, -0.15) is 0 Å². The summed E-state index contributed by atoms with van der Waals surface area (Å²) in [6.45, 7) is 3.92. The molecule has 0 unspecified atom stereocenters. The third-order valence-corrected chi connectivity index (χ3v) is 5.76. The van der Waals surface area contributed by atoms with Crippen molar-refractivity contribution in [1.29, 1.82) is 0 Å². The molecule has 1 aliphatic heterocycles. The molecule has 8 heteroatoms. The Bertz CT molecular complexity index is 1300. The van der Waals surface area contributed by atoms with Gasteiger partial charge in [-0.25, -0.2) is 4.79 Å². The highest BCUT2D eigenvalue weighted by Crippen LogP contribution is 2.40. The largest absolute Gasteiger partial charge is 0.507 e. The second kappa shape index (κ2) is 10.4. The molecule has 1 fully saturated rings. The zero-order valence-corrected chi connectivity index (χ0v) is 20.2. The molecule has 1 aliphatic rings. The maximum atomic E-state index is 13.2. The molecule has 184 valence electrons. The average molecular weight is 487 g/mol. The molecule has 3 aromatic rings. The van der Waals surface area contributed by atoms with Crippen LogP contribution >= 0.6 is 0 Å². The van der Waals surface area contributed by atoms with Crippen molar-refractivity contribution in [2.75, 3.05) is 7.11 Å². The third kappa shape index (κ3) is 4.98. The number of aliphatic hydroxyl groups is 1. The number of aromatic nitrogens is 1. The Morgan fingerprint density at radius 3 is 2.28 bits per heavy atom. The van der Waals surface area contributed by atoms with Crippen LogP contribution in [0.1, 0.15) is 46.9 Å². The Balaban J connectivity index is 1.80. The SMILES string of the molecule is COC(=O)c1ccc([C@@H]2C(=C(O)c3ccc(OC(C)C)cc3)C(=O)C(=O)N2Cc2cccnc2)cc1. The van der Waals surface area contributed by atoms with Crippen LogP contribution in [0.15, 0.2) is 78.6 Å². The van der Waals surface area contributed by atoms with Gasteiger partial charge in [0.25, 0.3) is 11.7 Å². The number of esters is 1. The predicted molar refractivity (Wildman–Crippen MR) is 132 cm³/mol. The number of Topliss-reactive ketones (excluding diaryl/α,β-unsaturated/α-hetero) is 1. The first kappa shape index (κ1) is 24.7. The molecular weight excluding hydrogens is 460 g/mol. The van der Waals surface area contributed by atoms with Gasteiger partial charge in [-0.3, -0.25) is 14.6 Å². The molecule has 0 radical (unpaired) electrons. The van der Waals surface area contributed by atoms with Crippen molar-refractivity contribution < 1.29 is 29.0 Å². The molecule has 1 aromatic heterocycles. The summed E-state index contributed by atoms with van der Waals surface area (Å²) in [5, 5.41) is 11.2. The number of ether oxygens (including phenoxy) is 2. The van der Waals surface area contributed by atoms with E-state index in [1.807, 2.05) is 13.8 Å². The van der Waals surface area contributed by atoms with Gasteiger partial charge in [-0.15, -0.1) is 0 Å². The van der Waals surface area contributed by atoms with E-state index in [0.717, 1.165) is 5.56 Å². The summed E-state index contributed by atoms with van der Waals surface area (Å²) < 4.78 is 10.4. The van der Waals surface area contributed by atoms with Crippen LogP contribution in [0.5, 0.6) is 5.75 Å². The minimum atomic E-state index is -0.872. The lowest BCUT2D eigenvalue weighted by molar-refractivity contribution is -0.140. The molecule has 0 saturated carbocycles. The molecule has 0 bridgehead atoms. The number of nitrogens with zero attached hydrogens (tertiary/aromatic N) is 2. The monoisotopic (exact) mass is 486 g/mol. The summed E-state index contributed by atoms with van der Waals surface area (Å²) in [4.78, 5) is 43.8. The second-order valence-electron chi connectivity index (χ2n) is 8.59. The van der Waals surface area contributed by atoms with Gasteiger partial charge in [0, 0.05) is 24.5 Å². The fourth-order valence-corrected chi connectivity index (χ4v) is 4.12. The summed E-state index contributed by atoms with van der Waals surface area (Å²) in [5.41, 5.74) is 1.96. The lowest BCUT2D eigenvalue weighted by Gasteiger charge is -2.25. The molecular formula is C28H26N2O6. The lowest BCUT2D eigenvalue weighted by atomic mass is 9.94. The Morgan fingerprint density at radius 2 is 1.69 bits per heavy atom. The highest BCUT2D eigenvalue weighted by atomic mass is 16.5. The topological polar surface area (TPSA) is 106 Å². The zero-order valence-electron chi connectivity index (χ0n) is 20.2. The van der Waals surface area contributed by atoms with E-state index in [1.165, 1.54) is 12.0 Å². The van der Waals surface area contributed by atoms with Crippen molar-refractivity contribution in [2.45, 2.75) is 32.5 Å². The summed E-state index contributed by atoms with van der Waals surface area (Å²) in [6.07, 6.45) is 3.22. The van der Waals surface area contributed by atoms with Crippen LogP contribution in [0.2, 0.25) is 0 Å². The average Bonchev–Trinajstić information content (AvgIpc) is 3.13. The number of benzene rings is 2. The minimum absolute atomic E-state index is 0.0183. The van der Waals surface area contributed by atoms with Crippen molar-refractivity contribution >= 4 is 23.4 Å². The van der Waals surface area contributed by atoms with Crippen LogP contribution in [0.4, 0.5) is 0 Å². The Hall–Kier alpha value is -4.46.